The summed E-state index contributed by atoms with van der Waals surface area (Å²) in [5.41, 5.74) is 2.07. The van der Waals surface area contributed by atoms with E-state index in [9.17, 15) is 4.79 Å². The zero-order valence-corrected chi connectivity index (χ0v) is 11.8. The number of nitrogens with one attached hydrogen (secondary N) is 2. The van der Waals surface area contributed by atoms with Crippen LogP contribution in [0.3, 0.4) is 0 Å². The molecule has 1 aromatic carbocycles. The minimum absolute atomic E-state index is 0.140. The van der Waals surface area contributed by atoms with Crippen LogP contribution in [0.25, 0.3) is 5.69 Å². The Balaban J connectivity index is 1.98. The lowest BCUT2D eigenvalue weighted by molar-refractivity contribution is 0.239. The summed E-state index contributed by atoms with van der Waals surface area (Å²) < 4.78 is 1.93. The highest BCUT2D eigenvalue weighted by Gasteiger charge is 2.06. The van der Waals surface area contributed by atoms with Crippen molar-refractivity contribution in [2.75, 3.05) is 6.54 Å². The molecule has 2 N–H and O–H groups in total. The number of urea groups is 1. The number of benzene rings is 1. The predicted octanol–water partition coefficient (Wildman–Crippen LogP) is 2.33. The maximum atomic E-state index is 11.7. The van der Waals surface area contributed by atoms with Gasteiger partial charge in [-0.3, -0.25) is 0 Å². The van der Waals surface area contributed by atoms with Crippen molar-refractivity contribution >= 4 is 6.03 Å². The van der Waals surface area contributed by atoms with Crippen LogP contribution in [0.4, 0.5) is 4.79 Å². The molecule has 1 aromatic heterocycles. The summed E-state index contributed by atoms with van der Waals surface area (Å²) in [6.07, 6.45) is 5.37. The van der Waals surface area contributed by atoms with Crippen molar-refractivity contribution in [3.63, 3.8) is 0 Å². The number of amides is 2. The Bertz CT molecular complexity index is 549. The van der Waals surface area contributed by atoms with Gasteiger partial charge in [0.05, 0.1) is 12.0 Å². The summed E-state index contributed by atoms with van der Waals surface area (Å²) in [5.74, 6) is 0.444. The molecule has 5 nitrogen and oxygen atoms in total. The monoisotopic (exact) mass is 272 g/mol. The number of rotatable bonds is 5. The zero-order valence-electron chi connectivity index (χ0n) is 11.8. The van der Waals surface area contributed by atoms with E-state index in [1.54, 1.807) is 12.5 Å². The first kappa shape index (κ1) is 14.1. The molecule has 2 rings (SSSR count). The molecule has 2 amide bonds. The lowest BCUT2D eigenvalue weighted by Crippen LogP contribution is -2.37. The van der Waals surface area contributed by atoms with Crippen molar-refractivity contribution in [3.8, 4) is 5.69 Å². The van der Waals surface area contributed by atoms with Gasteiger partial charge in [-0.25, -0.2) is 9.78 Å². The molecule has 0 spiro atoms. The van der Waals surface area contributed by atoms with Gasteiger partial charge in [0, 0.05) is 25.5 Å². The van der Waals surface area contributed by atoms with E-state index in [1.165, 1.54) is 0 Å². The van der Waals surface area contributed by atoms with Crippen LogP contribution >= 0.6 is 0 Å². The summed E-state index contributed by atoms with van der Waals surface area (Å²) in [7, 11) is 0. The first-order valence-electron chi connectivity index (χ1n) is 6.74. The van der Waals surface area contributed by atoms with Gasteiger partial charge >= 0.3 is 6.03 Å². The molecular formula is C15H20N4O. The molecule has 1 heterocycles. The molecule has 0 bridgehead atoms. The van der Waals surface area contributed by atoms with Crippen LogP contribution in [0.5, 0.6) is 0 Å². The van der Waals surface area contributed by atoms with Crippen molar-refractivity contribution in [1.29, 1.82) is 0 Å². The normalized spacial score (nSPS) is 10.6. The third-order valence-corrected chi connectivity index (χ3v) is 2.88. The van der Waals surface area contributed by atoms with Crippen LogP contribution in [-0.4, -0.2) is 22.1 Å². The fraction of sp³-hybridized carbons (Fsp3) is 0.333. The van der Waals surface area contributed by atoms with Gasteiger partial charge in [0.25, 0.3) is 0 Å². The number of imidazole rings is 1. The third kappa shape index (κ3) is 3.85. The van der Waals surface area contributed by atoms with Gasteiger partial charge in [-0.15, -0.1) is 0 Å². The number of hydrogen-bond acceptors (Lipinski definition) is 2. The smallest absolute Gasteiger partial charge is 0.315 e. The van der Waals surface area contributed by atoms with Crippen molar-refractivity contribution in [3.05, 3.63) is 48.5 Å². The minimum atomic E-state index is -0.140. The minimum Gasteiger partial charge on any atom is -0.338 e. The Morgan fingerprint density at radius 1 is 1.30 bits per heavy atom. The Hall–Kier alpha value is -2.30. The molecule has 0 fully saturated rings. The molecule has 106 valence electrons. The highest BCUT2D eigenvalue weighted by molar-refractivity contribution is 5.73. The van der Waals surface area contributed by atoms with Crippen molar-refractivity contribution < 1.29 is 4.79 Å². The zero-order chi connectivity index (χ0) is 14.4. The molecular weight excluding hydrogens is 252 g/mol. The Kier molecular flexibility index (Phi) is 4.76. The van der Waals surface area contributed by atoms with Gasteiger partial charge in [-0.1, -0.05) is 32.0 Å². The molecule has 0 saturated carbocycles. The van der Waals surface area contributed by atoms with Crippen LogP contribution in [0.15, 0.2) is 43.0 Å². The number of hydrogen-bond donors (Lipinski definition) is 2. The summed E-state index contributed by atoms with van der Waals surface area (Å²) in [4.78, 5) is 15.7. The first-order valence-corrected chi connectivity index (χ1v) is 6.74. The van der Waals surface area contributed by atoms with E-state index in [1.807, 2.05) is 35.0 Å². The molecule has 0 aliphatic rings. The average molecular weight is 272 g/mol. The van der Waals surface area contributed by atoms with Crippen molar-refractivity contribution in [2.24, 2.45) is 5.92 Å². The highest BCUT2D eigenvalue weighted by Crippen LogP contribution is 2.13. The van der Waals surface area contributed by atoms with E-state index < -0.39 is 0 Å². The molecule has 0 radical (unpaired) electrons. The molecule has 0 saturated heterocycles. The standard InChI is InChI=1S/C15H20N4O/c1-12(2)9-17-15(20)18-10-13-5-3-4-6-14(13)19-8-7-16-11-19/h3-8,11-12H,9-10H2,1-2H3,(H2,17,18,20). The Morgan fingerprint density at radius 2 is 2.10 bits per heavy atom. The van der Waals surface area contributed by atoms with Crippen LogP contribution in [0.2, 0.25) is 0 Å². The highest BCUT2D eigenvalue weighted by atomic mass is 16.2. The average Bonchev–Trinajstić information content (AvgIpc) is 2.97. The van der Waals surface area contributed by atoms with Crippen LogP contribution in [0.1, 0.15) is 19.4 Å². The number of nitrogens with zero attached hydrogens (tertiary/aromatic N) is 2. The van der Waals surface area contributed by atoms with Crippen LogP contribution in [-0.2, 0) is 6.54 Å². The molecule has 2 aromatic rings. The molecule has 0 aliphatic carbocycles. The van der Waals surface area contributed by atoms with Gasteiger partial charge in [0.2, 0.25) is 0 Å². The SMILES string of the molecule is CC(C)CNC(=O)NCc1ccccc1-n1ccnc1. The van der Waals surface area contributed by atoms with E-state index in [-0.39, 0.29) is 6.03 Å². The molecule has 5 heteroatoms. The van der Waals surface area contributed by atoms with E-state index in [4.69, 9.17) is 0 Å². The van der Waals surface area contributed by atoms with Gasteiger partial charge in [-0.2, -0.15) is 0 Å². The lowest BCUT2D eigenvalue weighted by Gasteiger charge is -2.12. The van der Waals surface area contributed by atoms with Gasteiger partial charge in [0.1, 0.15) is 0 Å². The second kappa shape index (κ2) is 6.75. The second-order valence-corrected chi connectivity index (χ2v) is 5.06. The van der Waals surface area contributed by atoms with Gasteiger partial charge in [-0.05, 0) is 17.5 Å². The van der Waals surface area contributed by atoms with Gasteiger partial charge in [0.15, 0.2) is 0 Å². The van der Waals surface area contributed by atoms with Crippen molar-refractivity contribution in [2.45, 2.75) is 20.4 Å². The lowest BCUT2D eigenvalue weighted by atomic mass is 10.1. The van der Waals surface area contributed by atoms with Gasteiger partial charge < -0.3 is 15.2 Å². The van der Waals surface area contributed by atoms with E-state index in [0.29, 0.717) is 19.0 Å². The summed E-state index contributed by atoms with van der Waals surface area (Å²) in [5, 5.41) is 5.71. The first-order chi connectivity index (χ1) is 9.66. The Labute approximate surface area is 119 Å². The van der Waals surface area contributed by atoms with E-state index in [2.05, 4.69) is 29.5 Å². The third-order valence-electron chi connectivity index (χ3n) is 2.88. The quantitative estimate of drug-likeness (QED) is 0.877. The predicted molar refractivity (Wildman–Crippen MR) is 78.6 cm³/mol. The van der Waals surface area contributed by atoms with E-state index >= 15 is 0 Å². The molecule has 0 atom stereocenters. The fourth-order valence-corrected chi connectivity index (χ4v) is 1.85. The maximum Gasteiger partial charge on any atom is 0.315 e. The van der Waals surface area contributed by atoms with E-state index in [0.717, 1.165) is 11.3 Å². The van der Waals surface area contributed by atoms with Crippen LogP contribution < -0.4 is 10.6 Å². The fourth-order valence-electron chi connectivity index (χ4n) is 1.85. The van der Waals surface area contributed by atoms with Crippen LogP contribution in [0, 0.1) is 5.92 Å². The topological polar surface area (TPSA) is 59.0 Å². The summed E-state index contributed by atoms with van der Waals surface area (Å²) >= 11 is 0. The number of para-hydroxylation sites is 1. The number of carbonyl (C=O) groups is 1. The summed E-state index contributed by atoms with van der Waals surface area (Å²) in [6, 6.07) is 7.79. The molecule has 20 heavy (non-hydrogen) atoms. The largest absolute Gasteiger partial charge is 0.338 e. The molecule has 0 unspecified atom stereocenters. The number of carbonyl (C=O) groups excluding carboxylic acids is 1. The van der Waals surface area contributed by atoms with Crippen molar-refractivity contribution in [1.82, 2.24) is 20.2 Å². The molecule has 0 aliphatic heterocycles. The number of aromatic nitrogens is 2. The maximum absolute atomic E-state index is 11.7. The summed E-state index contributed by atoms with van der Waals surface area (Å²) in [6.45, 7) is 5.29. The second-order valence-electron chi connectivity index (χ2n) is 5.06. The Morgan fingerprint density at radius 3 is 2.80 bits per heavy atom.